The van der Waals surface area contributed by atoms with Gasteiger partial charge in [0.2, 0.25) is 0 Å². The molecule has 1 aliphatic heterocycles. The van der Waals surface area contributed by atoms with E-state index in [0.717, 1.165) is 10.8 Å². The van der Waals surface area contributed by atoms with Gasteiger partial charge in [-0.3, -0.25) is 4.57 Å². The van der Waals surface area contributed by atoms with Crippen LogP contribution in [0.15, 0.2) is 11.0 Å². The number of nitrogens with one attached hydrogen (secondary N) is 1. The number of nitrogens with zero attached hydrogens (tertiary/aromatic N) is 2. The standard InChI is InChI=1S/C9H12FN3O3S/c1-11-8-5(10)2-13(9(15)12-8)6-4-17-7(3-14)16-6/h2,6-7,14H,3-4H2,1H3,(H,11,12,15)/t6?,7-/m1/s1. The molecule has 2 rings (SSSR count). The van der Waals surface area contributed by atoms with E-state index in [1.165, 1.54) is 18.8 Å². The molecule has 1 aliphatic rings. The first-order valence-corrected chi connectivity index (χ1v) is 6.05. The van der Waals surface area contributed by atoms with E-state index in [-0.39, 0.29) is 17.9 Å². The topological polar surface area (TPSA) is 76.4 Å². The van der Waals surface area contributed by atoms with Crippen molar-refractivity contribution >= 4 is 17.6 Å². The molecule has 6 nitrogen and oxygen atoms in total. The summed E-state index contributed by atoms with van der Waals surface area (Å²) in [5.74, 6) is -0.228. The summed E-state index contributed by atoms with van der Waals surface area (Å²) in [7, 11) is 1.49. The smallest absolute Gasteiger partial charge is 0.351 e. The van der Waals surface area contributed by atoms with Gasteiger partial charge in [-0.1, -0.05) is 0 Å². The minimum absolute atomic E-state index is 0.0874. The van der Waals surface area contributed by atoms with Crippen molar-refractivity contribution in [2.24, 2.45) is 0 Å². The van der Waals surface area contributed by atoms with Gasteiger partial charge in [0.05, 0.1) is 12.8 Å². The molecule has 0 saturated carbocycles. The second-order valence-corrected chi connectivity index (χ2v) is 4.61. The molecule has 1 aromatic rings. The van der Waals surface area contributed by atoms with Crippen LogP contribution in [0.4, 0.5) is 10.2 Å². The Morgan fingerprint density at radius 2 is 2.59 bits per heavy atom. The van der Waals surface area contributed by atoms with E-state index in [1.54, 1.807) is 0 Å². The van der Waals surface area contributed by atoms with Gasteiger partial charge >= 0.3 is 5.69 Å². The summed E-state index contributed by atoms with van der Waals surface area (Å²) >= 11 is 1.37. The molecule has 2 N–H and O–H groups in total. The highest BCUT2D eigenvalue weighted by atomic mass is 32.2. The monoisotopic (exact) mass is 261 g/mol. The Morgan fingerprint density at radius 3 is 3.18 bits per heavy atom. The molecule has 0 amide bonds. The van der Waals surface area contributed by atoms with Crippen LogP contribution in [0, 0.1) is 5.82 Å². The molecule has 0 spiro atoms. The number of hydrogen-bond donors (Lipinski definition) is 2. The van der Waals surface area contributed by atoms with Gasteiger partial charge in [0, 0.05) is 12.8 Å². The van der Waals surface area contributed by atoms with Gasteiger partial charge in [0.15, 0.2) is 11.6 Å². The van der Waals surface area contributed by atoms with Crippen LogP contribution in [0.25, 0.3) is 0 Å². The molecule has 0 aliphatic carbocycles. The summed E-state index contributed by atoms with van der Waals surface area (Å²) in [5.41, 5.74) is -0.959. The van der Waals surface area contributed by atoms with Gasteiger partial charge in [0.1, 0.15) is 11.7 Å². The minimum Gasteiger partial charge on any atom is -0.393 e. The molecular formula is C9H12FN3O3S. The third-order valence-corrected chi connectivity index (χ3v) is 3.45. The van der Waals surface area contributed by atoms with E-state index >= 15 is 0 Å². The van der Waals surface area contributed by atoms with E-state index in [1.807, 2.05) is 0 Å². The number of hydrogen-bond acceptors (Lipinski definition) is 6. The summed E-state index contributed by atoms with van der Waals surface area (Å²) in [5, 5.41) is 11.4. The van der Waals surface area contributed by atoms with Crippen molar-refractivity contribution in [3.63, 3.8) is 0 Å². The largest absolute Gasteiger partial charge is 0.393 e. The molecule has 94 valence electrons. The number of aromatic nitrogens is 2. The molecule has 17 heavy (non-hydrogen) atoms. The van der Waals surface area contributed by atoms with Gasteiger partial charge in [0.25, 0.3) is 0 Å². The Balaban J connectivity index is 2.28. The lowest BCUT2D eigenvalue weighted by molar-refractivity contribution is -0.00677. The molecule has 0 bridgehead atoms. The highest BCUT2D eigenvalue weighted by Crippen LogP contribution is 2.30. The normalized spacial score (nSPS) is 23.9. The van der Waals surface area contributed by atoms with Crippen molar-refractivity contribution in [3.05, 3.63) is 22.5 Å². The first-order chi connectivity index (χ1) is 8.15. The van der Waals surface area contributed by atoms with Crippen LogP contribution in [0.1, 0.15) is 6.23 Å². The van der Waals surface area contributed by atoms with Crippen LogP contribution in [0.5, 0.6) is 0 Å². The number of anilines is 1. The maximum absolute atomic E-state index is 13.5. The molecule has 0 aromatic carbocycles. The highest BCUT2D eigenvalue weighted by Gasteiger charge is 2.28. The average molecular weight is 261 g/mol. The van der Waals surface area contributed by atoms with Crippen LogP contribution in [0.2, 0.25) is 0 Å². The molecule has 2 atom stereocenters. The van der Waals surface area contributed by atoms with Crippen LogP contribution in [0.3, 0.4) is 0 Å². The van der Waals surface area contributed by atoms with Crippen LogP contribution >= 0.6 is 11.8 Å². The highest BCUT2D eigenvalue weighted by molar-refractivity contribution is 8.00. The molecule has 0 radical (unpaired) electrons. The number of halogens is 1. The fourth-order valence-electron chi connectivity index (χ4n) is 1.51. The maximum atomic E-state index is 13.5. The first-order valence-electron chi connectivity index (χ1n) is 5.00. The summed E-state index contributed by atoms with van der Waals surface area (Å²) in [6, 6.07) is 0. The zero-order valence-electron chi connectivity index (χ0n) is 9.09. The molecule has 1 saturated heterocycles. The zero-order chi connectivity index (χ0) is 12.4. The number of aliphatic hydroxyl groups is 1. The number of aliphatic hydroxyl groups excluding tert-OH is 1. The number of rotatable bonds is 3. The lowest BCUT2D eigenvalue weighted by Gasteiger charge is -2.14. The van der Waals surface area contributed by atoms with Gasteiger partial charge in [-0.25, -0.2) is 9.18 Å². The van der Waals surface area contributed by atoms with Gasteiger partial charge < -0.3 is 15.2 Å². The zero-order valence-corrected chi connectivity index (χ0v) is 9.91. The molecule has 2 heterocycles. The lowest BCUT2D eigenvalue weighted by atomic mass is 10.5. The Morgan fingerprint density at radius 1 is 1.82 bits per heavy atom. The molecular weight excluding hydrogens is 249 g/mol. The predicted octanol–water partition coefficient (Wildman–Crippen LogP) is 0.00450. The fourth-order valence-corrected chi connectivity index (χ4v) is 2.44. The van der Waals surface area contributed by atoms with E-state index in [0.29, 0.717) is 5.75 Å². The second-order valence-electron chi connectivity index (χ2n) is 3.41. The van der Waals surface area contributed by atoms with E-state index in [2.05, 4.69) is 10.3 Å². The first kappa shape index (κ1) is 12.3. The molecule has 1 aromatic heterocycles. The minimum atomic E-state index is -0.617. The maximum Gasteiger partial charge on any atom is 0.351 e. The van der Waals surface area contributed by atoms with Crippen molar-refractivity contribution in [2.45, 2.75) is 11.7 Å². The summed E-state index contributed by atoms with van der Waals surface area (Å²) in [4.78, 5) is 15.2. The Hall–Kier alpha value is -1.12. The van der Waals surface area contributed by atoms with E-state index in [9.17, 15) is 9.18 Å². The third-order valence-electron chi connectivity index (χ3n) is 2.34. The van der Waals surface area contributed by atoms with Crippen molar-refractivity contribution in [2.75, 3.05) is 24.7 Å². The van der Waals surface area contributed by atoms with Gasteiger partial charge in [-0.15, -0.1) is 11.8 Å². The SMILES string of the molecule is CNc1nc(=O)n(C2CS[C@H](CO)O2)cc1F. The van der Waals surface area contributed by atoms with Crippen LogP contribution in [-0.4, -0.2) is 39.5 Å². The average Bonchev–Trinajstić information content (AvgIpc) is 2.80. The van der Waals surface area contributed by atoms with E-state index < -0.39 is 17.7 Å². The Bertz CT molecular complexity index is 467. The Labute approximate surface area is 101 Å². The molecule has 1 fully saturated rings. The third kappa shape index (κ3) is 2.43. The van der Waals surface area contributed by atoms with Crippen molar-refractivity contribution in [1.29, 1.82) is 0 Å². The second kappa shape index (κ2) is 5.03. The number of thioether (sulfide) groups is 1. The van der Waals surface area contributed by atoms with Gasteiger partial charge in [-0.2, -0.15) is 4.98 Å². The van der Waals surface area contributed by atoms with E-state index in [4.69, 9.17) is 9.84 Å². The fraction of sp³-hybridized carbons (Fsp3) is 0.556. The quantitative estimate of drug-likeness (QED) is 0.798. The van der Waals surface area contributed by atoms with Crippen molar-refractivity contribution in [1.82, 2.24) is 9.55 Å². The Kier molecular flexibility index (Phi) is 3.65. The molecule has 8 heteroatoms. The van der Waals surface area contributed by atoms with Crippen LogP contribution < -0.4 is 11.0 Å². The lowest BCUT2D eigenvalue weighted by Crippen LogP contribution is -2.29. The summed E-state index contributed by atoms with van der Waals surface area (Å²) < 4.78 is 19.9. The van der Waals surface area contributed by atoms with Crippen LogP contribution in [-0.2, 0) is 4.74 Å². The number of ether oxygens (including phenoxy) is 1. The van der Waals surface area contributed by atoms with Crippen molar-refractivity contribution in [3.8, 4) is 0 Å². The molecule has 1 unspecified atom stereocenters. The van der Waals surface area contributed by atoms with Crippen molar-refractivity contribution < 1.29 is 14.2 Å². The summed E-state index contributed by atoms with van der Waals surface area (Å²) in [6.07, 6.45) is 0.476. The van der Waals surface area contributed by atoms with Gasteiger partial charge in [-0.05, 0) is 0 Å². The summed E-state index contributed by atoms with van der Waals surface area (Å²) in [6.45, 7) is -0.138. The predicted molar refractivity (Wildman–Crippen MR) is 61.5 cm³/mol.